The van der Waals surface area contributed by atoms with E-state index in [0.29, 0.717) is 18.0 Å². The minimum Gasteiger partial charge on any atom is -0.346 e. The Morgan fingerprint density at radius 2 is 2.11 bits per heavy atom. The van der Waals surface area contributed by atoms with Crippen LogP contribution in [0.15, 0.2) is 29.6 Å². The molecule has 1 saturated carbocycles. The molecule has 0 aliphatic heterocycles. The molecule has 1 N–H and O–H groups in total. The summed E-state index contributed by atoms with van der Waals surface area (Å²) >= 11 is 1.66. The normalized spacial score (nSPS) is 14.4. The van der Waals surface area contributed by atoms with E-state index in [-0.39, 0.29) is 11.7 Å². The molecule has 1 amide bonds. The van der Waals surface area contributed by atoms with Crippen LogP contribution >= 0.6 is 11.3 Å². The number of rotatable bonds is 4. The molecule has 1 aliphatic carbocycles. The van der Waals surface area contributed by atoms with Crippen molar-refractivity contribution < 1.29 is 9.18 Å². The van der Waals surface area contributed by atoms with Gasteiger partial charge in [0, 0.05) is 16.9 Å². The maximum Gasteiger partial charge on any atom is 0.251 e. The van der Waals surface area contributed by atoms with Gasteiger partial charge in [-0.15, -0.1) is 11.3 Å². The predicted octanol–water partition coefficient (Wildman–Crippen LogP) is 3.09. The van der Waals surface area contributed by atoms with Gasteiger partial charge in [-0.3, -0.25) is 4.79 Å². The highest BCUT2D eigenvalue weighted by Gasteiger charge is 2.26. The zero-order valence-corrected chi connectivity index (χ0v) is 11.0. The van der Waals surface area contributed by atoms with Gasteiger partial charge in [0.25, 0.3) is 5.91 Å². The summed E-state index contributed by atoms with van der Waals surface area (Å²) in [7, 11) is 0. The van der Waals surface area contributed by atoms with Crippen LogP contribution in [-0.2, 0) is 6.54 Å². The molecule has 0 bridgehead atoms. The van der Waals surface area contributed by atoms with Gasteiger partial charge in [0.2, 0.25) is 0 Å². The number of aromatic nitrogens is 1. The number of benzene rings is 1. The molecule has 0 saturated heterocycles. The van der Waals surface area contributed by atoms with Crippen LogP contribution in [0.1, 0.15) is 39.8 Å². The number of hydrogen-bond donors (Lipinski definition) is 1. The molecule has 1 fully saturated rings. The molecular weight excluding hydrogens is 263 g/mol. The van der Waals surface area contributed by atoms with Gasteiger partial charge < -0.3 is 5.32 Å². The third-order valence-electron chi connectivity index (χ3n) is 3.03. The first-order valence-electron chi connectivity index (χ1n) is 6.20. The fraction of sp³-hybridized carbons (Fsp3) is 0.286. The lowest BCUT2D eigenvalue weighted by molar-refractivity contribution is 0.0950. The van der Waals surface area contributed by atoms with Gasteiger partial charge in [0.1, 0.15) is 5.82 Å². The van der Waals surface area contributed by atoms with E-state index in [1.165, 1.54) is 42.1 Å². The fourth-order valence-electron chi connectivity index (χ4n) is 1.80. The van der Waals surface area contributed by atoms with Gasteiger partial charge in [0.05, 0.1) is 17.2 Å². The fourth-order valence-corrected chi connectivity index (χ4v) is 2.79. The number of nitrogens with one attached hydrogen (secondary N) is 1. The third kappa shape index (κ3) is 2.98. The van der Waals surface area contributed by atoms with Crippen molar-refractivity contribution in [3.05, 3.63) is 51.7 Å². The molecule has 3 rings (SSSR count). The van der Waals surface area contributed by atoms with E-state index < -0.39 is 0 Å². The molecule has 2 aromatic rings. The van der Waals surface area contributed by atoms with Crippen molar-refractivity contribution in [3.63, 3.8) is 0 Å². The summed E-state index contributed by atoms with van der Waals surface area (Å²) < 4.78 is 12.7. The second-order valence-electron chi connectivity index (χ2n) is 4.64. The van der Waals surface area contributed by atoms with Crippen molar-refractivity contribution in [1.29, 1.82) is 0 Å². The quantitative estimate of drug-likeness (QED) is 0.932. The average Bonchev–Trinajstić information content (AvgIpc) is 3.16. The van der Waals surface area contributed by atoms with Crippen LogP contribution < -0.4 is 5.32 Å². The second-order valence-corrected chi connectivity index (χ2v) is 5.53. The lowest BCUT2D eigenvalue weighted by Gasteiger charge is -2.03. The van der Waals surface area contributed by atoms with Crippen molar-refractivity contribution in [3.8, 4) is 0 Å². The second kappa shape index (κ2) is 5.09. The predicted molar refractivity (Wildman–Crippen MR) is 71.7 cm³/mol. The SMILES string of the molecule is O=C(NCc1csc(C2CC2)n1)c1ccc(F)cc1. The monoisotopic (exact) mass is 276 g/mol. The number of carbonyl (C=O) groups excluding carboxylic acids is 1. The van der Waals surface area contributed by atoms with Gasteiger partial charge in [-0.25, -0.2) is 9.37 Å². The standard InChI is InChI=1S/C14H13FN2OS/c15-11-5-3-9(4-6-11)13(18)16-7-12-8-19-14(17-12)10-1-2-10/h3-6,8,10H,1-2,7H2,(H,16,18). The lowest BCUT2D eigenvalue weighted by atomic mass is 10.2. The first-order chi connectivity index (χ1) is 9.22. The van der Waals surface area contributed by atoms with Crippen molar-refractivity contribution >= 4 is 17.2 Å². The summed E-state index contributed by atoms with van der Waals surface area (Å²) in [6, 6.07) is 5.51. The molecular formula is C14H13FN2OS. The Hall–Kier alpha value is -1.75. The highest BCUT2D eigenvalue weighted by molar-refractivity contribution is 7.09. The van der Waals surface area contributed by atoms with Gasteiger partial charge >= 0.3 is 0 Å². The molecule has 98 valence electrons. The molecule has 0 radical (unpaired) electrons. The van der Waals surface area contributed by atoms with E-state index >= 15 is 0 Å². The van der Waals surface area contributed by atoms with Crippen molar-refractivity contribution in [1.82, 2.24) is 10.3 Å². The first-order valence-corrected chi connectivity index (χ1v) is 7.08. The summed E-state index contributed by atoms with van der Waals surface area (Å²) in [5.74, 6) is 0.0950. The number of carbonyl (C=O) groups is 1. The van der Waals surface area contributed by atoms with Crippen LogP contribution in [0, 0.1) is 5.82 Å². The molecule has 1 heterocycles. The van der Waals surface area contributed by atoms with Crippen molar-refractivity contribution in [2.75, 3.05) is 0 Å². The van der Waals surface area contributed by atoms with Gasteiger partial charge in [-0.2, -0.15) is 0 Å². The Labute approximate surface area is 114 Å². The van der Waals surface area contributed by atoms with Crippen molar-refractivity contribution in [2.45, 2.75) is 25.3 Å². The number of thiazole rings is 1. The van der Waals surface area contributed by atoms with E-state index in [4.69, 9.17) is 0 Å². The van der Waals surface area contributed by atoms with Crippen LogP contribution in [0.4, 0.5) is 4.39 Å². The van der Waals surface area contributed by atoms with Crippen LogP contribution in [0.5, 0.6) is 0 Å². The van der Waals surface area contributed by atoms with Gasteiger partial charge in [-0.1, -0.05) is 0 Å². The highest BCUT2D eigenvalue weighted by Crippen LogP contribution is 2.41. The lowest BCUT2D eigenvalue weighted by Crippen LogP contribution is -2.22. The first kappa shape index (κ1) is 12.3. The molecule has 3 nitrogen and oxygen atoms in total. The minimum atomic E-state index is -0.342. The summed E-state index contributed by atoms with van der Waals surface area (Å²) in [5, 5.41) is 5.95. The summed E-state index contributed by atoms with van der Waals surface area (Å²) in [6.45, 7) is 0.416. The van der Waals surface area contributed by atoms with E-state index in [2.05, 4.69) is 10.3 Å². The van der Waals surface area contributed by atoms with E-state index in [1.54, 1.807) is 11.3 Å². The smallest absolute Gasteiger partial charge is 0.251 e. The van der Waals surface area contributed by atoms with Gasteiger partial charge in [0.15, 0.2) is 0 Å². The molecule has 5 heteroatoms. The molecule has 19 heavy (non-hydrogen) atoms. The molecule has 0 unspecified atom stereocenters. The van der Waals surface area contributed by atoms with Crippen LogP contribution in [0.3, 0.4) is 0 Å². The van der Waals surface area contributed by atoms with Crippen LogP contribution in [-0.4, -0.2) is 10.9 Å². The number of halogens is 1. The van der Waals surface area contributed by atoms with E-state index in [0.717, 1.165) is 5.69 Å². The van der Waals surface area contributed by atoms with Crippen LogP contribution in [0.2, 0.25) is 0 Å². The summed E-state index contributed by atoms with van der Waals surface area (Å²) in [5.41, 5.74) is 1.35. The molecule has 1 aromatic carbocycles. The van der Waals surface area contributed by atoms with E-state index in [1.807, 2.05) is 5.38 Å². The van der Waals surface area contributed by atoms with E-state index in [9.17, 15) is 9.18 Å². The zero-order valence-electron chi connectivity index (χ0n) is 10.2. The molecule has 0 spiro atoms. The minimum absolute atomic E-state index is 0.207. The Morgan fingerprint density at radius 3 is 2.79 bits per heavy atom. The molecule has 0 atom stereocenters. The van der Waals surface area contributed by atoms with Crippen LogP contribution in [0.25, 0.3) is 0 Å². The highest BCUT2D eigenvalue weighted by atomic mass is 32.1. The number of amides is 1. The van der Waals surface area contributed by atoms with Gasteiger partial charge in [-0.05, 0) is 37.1 Å². The summed E-state index contributed by atoms with van der Waals surface area (Å²) in [6.07, 6.45) is 2.46. The molecule has 1 aliphatic rings. The van der Waals surface area contributed by atoms with Crippen molar-refractivity contribution in [2.24, 2.45) is 0 Å². The largest absolute Gasteiger partial charge is 0.346 e. The maximum absolute atomic E-state index is 12.7. The maximum atomic E-state index is 12.7. The average molecular weight is 276 g/mol. The third-order valence-corrected chi connectivity index (χ3v) is 4.09. The summed E-state index contributed by atoms with van der Waals surface area (Å²) in [4.78, 5) is 16.3. The molecule has 1 aromatic heterocycles. The number of hydrogen-bond acceptors (Lipinski definition) is 3. The Morgan fingerprint density at radius 1 is 1.37 bits per heavy atom. The zero-order chi connectivity index (χ0) is 13.2. The Bertz CT molecular complexity index is 590. The topological polar surface area (TPSA) is 42.0 Å². The number of nitrogens with zero attached hydrogens (tertiary/aromatic N) is 1. The Balaban J connectivity index is 1.58. The Kier molecular flexibility index (Phi) is 3.29.